The Hall–Kier alpha value is -1.01. The van der Waals surface area contributed by atoms with Crippen LogP contribution >= 0.6 is 27.3 Å². The summed E-state index contributed by atoms with van der Waals surface area (Å²) in [5, 5.41) is 5.06. The maximum absolute atomic E-state index is 12.4. The minimum atomic E-state index is -0.0145. The van der Waals surface area contributed by atoms with Gasteiger partial charge in [0.25, 0.3) is 0 Å². The van der Waals surface area contributed by atoms with Crippen LogP contribution in [0.5, 0.6) is 0 Å². The van der Waals surface area contributed by atoms with Crippen molar-refractivity contribution in [3.05, 3.63) is 31.9 Å². The average Bonchev–Trinajstić information content (AvgIpc) is 2.80. The van der Waals surface area contributed by atoms with Crippen molar-refractivity contribution in [2.24, 2.45) is 0 Å². The molecule has 0 spiro atoms. The van der Waals surface area contributed by atoms with Crippen LogP contribution in [-0.2, 0) is 6.54 Å². The zero-order chi connectivity index (χ0) is 12.6. The first-order valence-electron chi connectivity index (χ1n) is 5.24. The third kappa shape index (κ3) is 2.19. The fraction of sp³-hybridized carbons (Fsp3) is 0.364. The summed E-state index contributed by atoms with van der Waals surface area (Å²) >= 11 is 4.79. The van der Waals surface area contributed by atoms with Crippen LogP contribution in [-0.4, -0.2) is 20.5 Å². The van der Waals surface area contributed by atoms with Gasteiger partial charge in [0.1, 0.15) is 5.69 Å². The van der Waals surface area contributed by atoms with Crippen LogP contribution in [0.1, 0.15) is 33.0 Å². The Bertz CT molecular complexity index is 573. The van der Waals surface area contributed by atoms with Gasteiger partial charge in [-0.15, -0.1) is 11.3 Å². The van der Waals surface area contributed by atoms with Crippen LogP contribution in [0.2, 0.25) is 0 Å². The van der Waals surface area contributed by atoms with E-state index in [4.69, 9.17) is 0 Å². The molecule has 6 heteroatoms. The van der Waals surface area contributed by atoms with Crippen molar-refractivity contribution in [1.82, 2.24) is 14.8 Å². The number of carbonyl (C=O) groups excluding carboxylic acids is 1. The number of hydrogen-bond donors (Lipinski definition) is 0. The second kappa shape index (κ2) is 4.70. The van der Waals surface area contributed by atoms with Gasteiger partial charge in [0.15, 0.2) is 0 Å². The molecule has 0 amide bonds. The molecule has 17 heavy (non-hydrogen) atoms. The highest BCUT2D eigenvalue weighted by molar-refractivity contribution is 9.10. The topological polar surface area (TPSA) is 47.8 Å². The molecule has 0 saturated heterocycles. The van der Waals surface area contributed by atoms with Crippen molar-refractivity contribution >= 4 is 33.0 Å². The SMILES string of the molecule is CCn1ncc(Br)c1C(=O)c1sc(C)nc1C. The van der Waals surface area contributed by atoms with Gasteiger partial charge in [-0.25, -0.2) is 4.98 Å². The number of nitrogens with zero attached hydrogens (tertiary/aromatic N) is 3. The van der Waals surface area contributed by atoms with Gasteiger partial charge in [0.2, 0.25) is 5.78 Å². The molecular formula is C11H12BrN3OS. The van der Waals surface area contributed by atoms with Crippen LogP contribution in [0.25, 0.3) is 0 Å². The second-order valence-electron chi connectivity index (χ2n) is 3.63. The van der Waals surface area contributed by atoms with Crippen LogP contribution in [0.4, 0.5) is 0 Å². The Balaban J connectivity index is 2.50. The molecule has 2 heterocycles. The molecule has 0 aliphatic heterocycles. The summed E-state index contributed by atoms with van der Waals surface area (Å²) in [6.45, 7) is 6.39. The normalized spacial score (nSPS) is 10.8. The van der Waals surface area contributed by atoms with Crippen molar-refractivity contribution in [2.45, 2.75) is 27.3 Å². The average molecular weight is 314 g/mol. The highest BCUT2D eigenvalue weighted by Crippen LogP contribution is 2.25. The molecule has 2 aromatic heterocycles. The third-order valence-electron chi connectivity index (χ3n) is 2.42. The first kappa shape index (κ1) is 12.4. The molecule has 0 aliphatic carbocycles. The zero-order valence-corrected chi connectivity index (χ0v) is 12.2. The summed E-state index contributed by atoms with van der Waals surface area (Å²) in [6, 6.07) is 0. The Kier molecular flexibility index (Phi) is 3.44. The molecular weight excluding hydrogens is 302 g/mol. The Morgan fingerprint density at radius 2 is 2.24 bits per heavy atom. The van der Waals surface area contributed by atoms with Crippen molar-refractivity contribution in [1.29, 1.82) is 0 Å². The van der Waals surface area contributed by atoms with E-state index in [0.717, 1.165) is 15.2 Å². The lowest BCUT2D eigenvalue weighted by Gasteiger charge is -2.03. The lowest BCUT2D eigenvalue weighted by atomic mass is 10.2. The largest absolute Gasteiger partial charge is 0.286 e. The van der Waals surface area contributed by atoms with Crippen molar-refractivity contribution < 1.29 is 4.79 Å². The summed E-state index contributed by atoms with van der Waals surface area (Å²) in [4.78, 5) is 17.4. The Morgan fingerprint density at radius 1 is 1.53 bits per heavy atom. The number of ketones is 1. The van der Waals surface area contributed by atoms with Gasteiger partial charge in [-0.3, -0.25) is 9.48 Å². The van der Waals surface area contributed by atoms with Crippen LogP contribution < -0.4 is 0 Å². The van der Waals surface area contributed by atoms with E-state index >= 15 is 0 Å². The molecule has 4 nitrogen and oxygen atoms in total. The fourth-order valence-corrected chi connectivity index (χ4v) is 3.01. The monoisotopic (exact) mass is 313 g/mol. The van der Waals surface area contributed by atoms with Gasteiger partial charge in [0.05, 0.1) is 26.2 Å². The van der Waals surface area contributed by atoms with Crippen molar-refractivity contribution in [2.75, 3.05) is 0 Å². The van der Waals surface area contributed by atoms with Gasteiger partial charge in [-0.05, 0) is 36.7 Å². The lowest BCUT2D eigenvalue weighted by molar-refractivity contribution is 0.103. The highest BCUT2D eigenvalue weighted by atomic mass is 79.9. The van der Waals surface area contributed by atoms with E-state index in [9.17, 15) is 4.79 Å². The van der Waals surface area contributed by atoms with E-state index in [-0.39, 0.29) is 5.78 Å². The molecule has 0 atom stereocenters. The third-order valence-corrected chi connectivity index (χ3v) is 4.07. The number of aromatic nitrogens is 3. The molecule has 0 N–H and O–H groups in total. The predicted molar refractivity (Wildman–Crippen MR) is 70.6 cm³/mol. The quantitative estimate of drug-likeness (QED) is 0.818. The number of thiazole rings is 1. The summed E-state index contributed by atoms with van der Waals surface area (Å²) in [7, 11) is 0. The van der Waals surface area contributed by atoms with Gasteiger partial charge in [-0.2, -0.15) is 5.10 Å². The highest BCUT2D eigenvalue weighted by Gasteiger charge is 2.22. The summed E-state index contributed by atoms with van der Waals surface area (Å²) in [5.41, 5.74) is 1.38. The first-order valence-corrected chi connectivity index (χ1v) is 6.85. The van der Waals surface area contributed by atoms with E-state index in [1.54, 1.807) is 10.9 Å². The molecule has 0 radical (unpaired) electrons. The summed E-state index contributed by atoms with van der Waals surface area (Å²) in [5.74, 6) is -0.0145. The molecule has 2 rings (SSSR count). The van der Waals surface area contributed by atoms with E-state index in [2.05, 4.69) is 26.0 Å². The van der Waals surface area contributed by atoms with E-state index < -0.39 is 0 Å². The fourth-order valence-electron chi connectivity index (χ4n) is 1.68. The first-order chi connectivity index (χ1) is 8.04. The Labute approximate surface area is 112 Å². The van der Waals surface area contributed by atoms with Crippen LogP contribution in [0, 0.1) is 13.8 Å². The molecule has 0 fully saturated rings. The lowest BCUT2D eigenvalue weighted by Crippen LogP contribution is -2.11. The number of rotatable bonds is 3. The van der Waals surface area contributed by atoms with Gasteiger partial charge in [0, 0.05) is 6.54 Å². The smallest absolute Gasteiger partial charge is 0.224 e. The molecule has 90 valence electrons. The number of hydrogen-bond acceptors (Lipinski definition) is 4. The molecule has 0 aliphatic rings. The molecule has 0 unspecified atom stereocenters. The summed E-state index contributed by atoms with van der Waals surface area (Å²) in [6.07, 6.45) is 1.65. The molecule has 0 bridgehead atoms. The number of carbonyl (C=O) groups is 1. The van der Waals surface area contributed by atoms with Crippen molar-refractivity contribution in [3.8, 4) is 0 Å². The maximum atomic E-state index is 12.4. The van der Waals surface area contributed by atoms with Crippen LogP contribution in [0.15, 0.2) is 10.7 Å². The maximum Gasteiger partial charge on any atom is 0.224 e. The van der Waals surface area contributed by atoms with Gasteiger partial charge >= 0.3 is 0 Å². The van der Waals surface area contributed by atoms with E-state index in [1.165, 1.54) is 11.3 Å². The van der Waals surface area contributed by atoms with E-state index in [1.807, 2.05) is 20.8 Å². The van der Waals surface area contributed by atoms with Gasteiger partial charge in [-0.1, -0.05) is 0 Å². The minimum absolute atomic E-state index is 0.0145. The summed E-state index contributed by atoms with van der Waals surface area (Å²) < 4.78 is 2.43. The number of aryl methyl sites for hydroxylation is 3. The molecule has 2 aromatic rings. The Morgan fingerprint density at radius 3 is 2.76 bits per heavy atom. The standard InChI is InChI=1S/C11H12BrN3OS/c1-4-15-9(8(12)5-13-15)10(16)11-6(2)14-7(3)17-11/h5H,4H2,1-3H3. The number of halogens is 1. The minimum Gasteiger partial charge on any atom is -0.286 e. The van der Waals surface area contributed by atoms with Crippen molar-refractivity contribution in [3.63, 3.8) is 0 Å². The van der Waals surface area contributed by atoms with E-state index in [0.29, 0.717) is 17.1 Å². The van der Waals surface area contributed by atoms with Crippen LogP contribution in [0.3, 0.4) is 0 Å². The predicted octanol–water partition coefficient (Wildman–Crippen LogP) is 2.97. The van der Waals surface area contributed by atoms with Gasteiger partial charge < -0.3 is 0 Å². The molecule has 0 aromatic carbocycles. The second-order valence-corrected chi connectivity index (χ2v) is 5.69. The molecule has 0 saturated carbocycles. The zero-order valence-electron chi connectivity index (χ0n) is 9.82.